The summed E-state index contributed by atoms with van der Waals surface area (Å²) in [7, 11) is 6.40. The molecule has 0 atom stereocenters. The third kappa shape index (κ3) is 5.49. The van der Waals surface area contributed by atoms with E-state index in [0.717, 1.165) is 3.57 Å². The molecule has 0 radical (unpaired) electrons. The molecule has 0 bridgehead atoms. The van der Waals surface area contributed by atoms with Crippen molar-refractivity contribution in [2.75, 3.05) is 40.2 Å². The third-order valence-electron chi connectivity index (χ3n) is 3.69. The van der Waals surface area contributed by atoms with E-state index in [1.54, 1.807) is 57.6 Å². The first-order valence-corrected chi connectivity index (χ1v) is 9.09. The molecule has 7 nitrogen and oxygen atoms in total. The fourth-order valence-electron chi connectivity index (χ4n) is 2.14. The average Bonchev–Trinajstić information content (AvgIpc) is 2.66. The molecule has 2 aromatic carbocycles. The minimum Gasteiger partial charge on any atom is -0.493 e. The maximum Gasteiger partial charge on any atom is 0.259 e. The van der Waals surface area contributed by atoms with Gasteiger partial charge in [0.1, 0.15) is 5.75 Å². The first kappa shape index (κ1) is 20.8. The lowest BCUT2D eigenvalue weighted by Crippen LogP contribution is -2.27. The Morgan fingerprint density at radius 3 is 2.19 bits per heavy atom. The third-order valence-corrected chi connectivity index (χ3v) is 4.58. The molecular weight excluding hydrogens is 463 g/mol. The summed E-state index contributed by atoms with van der Waals surface area (Å²) in [6.45, 7) is -0.0391. The number of nitrogens with zero attached hydrogens (tertiary/aromatic N) is 1. The van der Waals surface area contributed by atoms with Crippen molar-refractivity contribution < 1.29 is 23.8 Å². The van der Waals surface area contributed by atoms with Crippen LogP contribution in [0.4, 0.5) is 5.69 Å². The Kier molecular flexibility index (Phi) is 7.28. The summed E-state index contributed by atoms with van der Waals surface area (Å²) in [5.41, 5.74) is 1.09. The van der Waals surface area contributed by atoms with E-state index in [-0.39, 0.29) is 18.4 Å². The summed E-state index contributed by atoms with van der Waals surface area (Å²) in [6, 6.07) is 10.2. The van der Waals surface area contributed by atoms with E-state index in [9.17, 15) is 9.59 Å². The first-order valence-electron chi connectivity index (χ1n) is 8.01. The van der Waals surface area contributed by atoms with E-state index in [0.29, 0.717) is 28.5 Å². The Balaban J connectivity index is 2.07. The van der Waals surface area contributed by atoms with Crippen molar-refractivity contribution in [3.05, 3.63) is 45.5 Å². The number of likely N-dealkylation sites (N-methyl/N-ethyl adjacent to an activating group) is 1. The molecule has 0 aliphatic rings. The lowest BCUT2D eigenvalue weighted by Gasteiger charge is -2.13. The number of amides is 2. The van der Waals surface area contributed by atoms with Crippen LogP contribution in [0, 0.1) is 3.57 Å². The van der Waals surface area contributed by atoms with Crippen LogP contribution in [0.25, 0.3) is 0 Å². The number of ether oxygens (including phenoxy) is 3. The van der Waals surface area contributed by atoms with E-state index in [4.69, 9.17) is 14.2 Å². The van der Waals surface area contributed by atoms with Crippen LogP contribution >= 0.6 is 22.6 Å². The van der Waals surface area contributed by atoms with Crippen LogP contribution in [0.1, 0.15) is 10.4 Å². The number of hydrogen-bond donors (Lipinski definition) is 1. The second-order valence-corrected chi connectivity index (χ2v) is 6.90. The molecule has 0 heterocycles. The predicted molar refractivity (Wildman–Crippen MR) is 111 cm³/mol. The first-order chi connectivity index (χ1) is 12.8. The highest BCUT2D eigenvalue weighted by Crippen LogP contribution is 2.31. The molecule has 0 aromatic heterocycles. The molecule has 2 amide bonds. The fraction of sp³-hybridized carbons (Fsp3) is 0.263. The predicted octanol–water partition coefficient (Wildman–Crippen LogP) is 3.03. The maximum atomic E-state index is 12.6. The van der Waals surface area contributed by atoms with E-state index in [1.165, 1.54) is 12.0 Å². The number of carbonyl (C=O) groups excluding carboxylic acids is 2. The fourth-order valence-corrected chi connectivity index (χ4v) is 2.82. The second-order valence-electron chi connectivity index (χ2n) is 5.74. The van der Waals surface area contributed by atoms with E-state index >= 15 is 0 Å². The zero-order chi connectivity index (χ0) is 20.0. The van der Waals surface area contributed by atoms with Crippen LogP contribution in [0.3, 0.4) is 0 Å². The van der Waals surface area contributed by atoms with Crippen LogP contribution in [-0.2, 0) is 4.79 Å². The van der Waals surface area contributed by atoms with Gasteiger partial charge in [0.05, 0.1) is 19.8 Å². The molecule has 0 saturated carbocycles. The summed E-state index contributed by atoms with van der Waals surface area (Å²) in [5, 5.41) is 2.83. The van der Waals surface area contributed by atoms with E-state index in [2.05, 4.69) is 27.9 Å². The molecule has 0 aliphatic heterocycles. The van der Waals surface area contributed by atoms with Gasteiger partial charge in [-0.15, -0.1) is 0 Å². The monoisotopic (exact) mass is 484 g/mol. The Morgan fingerprint density at radius 1 is 1.04 bits per heavy atom. The van der Waals surface area contributed by atoms with Gasteiger partial charge in [-0.1, -0.05) is 0 Å². The SMILES string of the molecule is COc1cc(I)c(C(=O)Nc2ccc(OCC(=O)N(C)C)cc2)cc1OC. The quantitative estimate of drug-likeness (QED) is 0.612. The second kappa shape index (κ2) is 9.45. The van der Waals surface area contributed by atoms with Gasteiger partial charge < -0.3 is 24.4 Å². The summed E-state index contributed by atoms with van der Waals surface area (Å²) < 4.78 is 16.6. The number of benzene rings is 2. The van der Waals surface area contributed by atoms with Gasteiger partial charge in [0.2, 0.25) is 0 Å². The number of carbonyl (C=O) groups is 2. The Hall–Kier alpha value is -2.49. The normalized spacial score (nSPS) is 10.1. The van der Waals surface area contributed by atoms with E-state index in [1.807, 2.05) is 0 Å². The smallest absolute Gasteiger partial charge is 0.259 e. The number of rotatable bonds is 7. The molecule has 0 unspecified atom stereocenters. The number of nitrogens with one attached hydrogen (secondary N) is 1. The minimum atomic E-state index is -0.267. The molecule has 8 heteroatoms. The van der Waals surface area contributed by atoms with Crippen molar-refractivity contribution in [1.29, 1.82) is 0 Å². The minimum absolute atomic E-state index is 0.0391. The summed E-state index contributed by atoms with van der Waals surface area (Å²) in [4.78, 5) is 25.6. The highest BCUT2D eigenvalue weighted by Gasteiger charge is 2.16. The highest BCUT2D eigenvalue weighted by atomic mass is 127. The van der Waals surface area contributed by atoms with Crippen molar-refractivity contribution in [3.63, 3.8) is 0 Å². The van der Waals surface area contributed by atoms with Crippen molar-refractivity contribution in [2.45, 2.75) is 0 Å². The van der Waals surface area contributed by atoms with Gasteiger partial charge in [-0.25, -0.2) is 0 Å². The highest BCUT2D eigenvalue weighted by molar-refractivity contribution is 14.1. The lowest BCUT2D eigenvalue weighted by molar-refractivity contribution is -0.130. The van der Waals surface area contributed by atoms with Crippen LogP contribution in [0.2, 0.25) is 0 Å². The van der Waals surface area contributed by atoms with E-state index < -0.39 is 0 Å². The summed E-state index contributed by atoms with van der Waals surface area (Å²) >= 11 is 2.08. The van der Waals surface area contributed by atoms with Gasteiger partial charge in [0.15, 0.2) is 18.1 Å². The van der Waals surface area contributed by atoms with Gasteiger partial charge >= 0.3 is 0 Å². The molecular formula is C19H21IN2O5. The van der Waals surface area contributed by atoms with Crippen molar-refractivity contribution in [3.8, 4) is 17.2 Å². The molecule has 0 spiro atoms. The van der Waals surface area contributed by atoms with Crippen molar-refractivity contribution >= 4 is 40.1 Å². The Bertz CT molecular complexity index is 822. The molecule has 0 fully saturated rings. The van der Waals surface area contributed by atoms with Gasteiger partial charge in [0, 0.05) is 23.4 Å². The van der Waals surface area contributed by atoms with Crippen LogP contribution < -0.4 is 19.5 Å². The largest absolute Gasteiger partial charge is 0.493 e. The van der Waals surface area contributed by atoms with Crippen molar-refractivity contribution in [1.82, 2.24) is 4.90 Å². The molecule has 2 rings (SSSR count). The maximum absolute atomic E-state index is 12.6. The van der Waals surface area contributed by atoms with Gasteiger partial charge in [0.25, 0.3) is 11.8 Å². The molecule has 2 aromatic rings. The van der Waals surface area contributed by atoms with Gasteiger partial charge in [-0.3, -0.25) is 9.59 Å². The summed E-state index contributed by atoms with van der Waals surface area (Å²) in [5.74, 6) is 1.20. The topological polar surface area (TPSA) is 77.1 Å². The van der Waals surface area contributed by atoms with Gasteiger partial charge in [-0.05, 0) is 59.0 Å². The average molecular weight is 484 g/mol. The van der Waals surface area contributed by atoms with Crippen LogP contribution in [0.5, 0.6) is 17.2 Å². The Labute approximate surface area is 171 Å². The van der Waals surface area contributed by atoms with Crippen molar-refractivity contribution in [2.24, 2.45) is 0 Å². The number of halogens is 1. The molecule has 144 valence electrons. The van der Waals surface area contributed by atoms with Crippen LogP contribution in [-0.4, -0.2) is 51.6 Å². The number of anilines is 1. The number of hydrogen-bond acceptors (Lipinski definition) is 5. The van der Waals surface area contributed by atoms with Crippen LogP contribution in [0.15, 0.2) is 36.4 Å². The molecule has 27 heavy (non-hydrogen) atoms. The molecule has 0 aliphatic carbocycles. The summed E-state index contributed by atoms with van der Waals surface area (Å²) in [6.07, 6.45) is 0. The molecule has 1 N–H and O–H groups in total. The zero-order valence-electron chi connectivity index (χ0n) is 15.5. The number of methoxy groups -OCH3 is 2. The lowest BCUT2D eigenvalue weighted by atomic mass is 10.2. The van der Waals surface area contributed by atoms with Gasteiger partial charge in [-0.2, -0.15) is 0 Å². The Morgan fingerprint density at radius 2 is 1.63 bits per heavy atom. The standard InChI is InChI=1S/C19H21IN2O5/c1-22(2)18(23)11-27-13-7-5-12(6-8-13)21-19(24)14-9-16(25-3)17(26-4)10-15(14)20/h5-10H,11H2,1-4H3,(H,21,24). The molecule has 0 saturated heterocycles. The zero-order valence-corrected chi connectivity index (χ0v) is 17.7.